The predicted molar refractivity (Wildman–Crippen MR) is 127 cm³/mol. The first-order valence-corrected chi connectivity index (χ1v) is 11.4. The number of piperazine rings is 1. The number of rotatable bonds is 5. The second kappa shape index (κ2) is 8.03. The van der Waals surface area contributed by atoms with E-state index in [1.54, 1.807) is 0 Å². The summed E-state index contributed by atoms with van der Waals surface area (Å²) in [6, 6.07) is 11.4. The Labute approximate surface area is 189 Å². The quantitative estimate of drug-likeness (QED) is 0.660. The SMILES string of the molecule is CCN1C[C@H]2C[C@@H]1CN2c1cc2c(N[C@H](C)c3cccc(C#N)c3C)nnc(C)c2cn1. The Kier molecular flexibility index (Phi) is 5.18. The van der Waals surface area contributed by atoms with Gasteiger partial charge in [-0.3, -0.25) is 4.90 Å². The monoisotopic (exact) mass is 427 g/mol. The summed E-state index contributed by atoms with van der Waals surface area (Å²) in [6.45, 7) is 11.6. The van der Waals surface area contributed by atoms with Gasteiger partial charge in [0.25, 0.3) is 0 Å². The van der Waals surface area contributed by atoms with Crippen molar-refractivity contribution in [2.45, 2.75) is 52.2 Å². The molecule has 2 aliphatic heterocycles. The topological polar surface area (TPSA) is 81.0 Å². The summed E-state index contributed by atoms with van der Waals surface area (Å²) < 4.78 is 0. The Hall–Kier alpha value is -3.24. The molecule has 0 radical (unpaired) electrons. The zero-order chi connectivity index (χ0) is 22.4. The van der Waals surface area contributed by atoms with Crippen molar-refractivity contribution in [2.75, 3.05) is 29.9 Å². The number of aromatic nitrogens is 3. The lowest BCUT2D eigenvalue weighted by Crippen LogP contribution is -2.46. The van der Waals surface area contributed by atoms with Crippen molar-refractivity contribution in [2.24, 2.45) is 0 Å². The maximum absolute atomic E-state index is 9.39. The van der Waals surface area contributed by atoms with Crippen LogP contribution in [0.25, 0.3) is 10.8 Å². The first-order chi connectivity index (χ1) is 15.5. The third kappa shape index (κ3) is 3.35. The van der Waals surface area contributed by atoms with Gasteiger partial charge >= 0.3 is 0 Å². The van der Waals surface area contributed by atoms with Crippen LogP contribution in [0.3, 0.4) is 0 Å². The molecule has 7 heteroatoms. The highest BCUT2D eigenvalue weighted by Gasteiger charge is 2.43. The van der Waals surface area contributed by atoms with E-state index < -0.39 is 0 Å². The number of aryl methyl sites for hydroxylation is 1. The van der Waals surface area contributed by atoms with E-state index in [0.717, 1.165) is 58.9 Å². The van der Waals surface area contributed by atoms with Gasteiger partial charge in [-0.15, -0.1) is 5.10 Å². The van der Waals surface area contributed by atoms with Crippen molar-refractivity contribution in [1.82, 2.24) is 20.1 Å². The first-order valence-electron chi connectivity index (χ1n) is 11.4. The number of nitriles is 1. The molecule has 2 aromatic heterocycles. The van der Waals surface area contributed by atoms with E-state index in [1.807, 2.05) is 32.2 Å². The fourth-order valence-corrected chi connectivity index (χ4v) is 5.37. The Morgan fingerprint density at radius 1 is 1.19 bits per heavy atom. The van der Waals surface area contributed by atoms with Crippen molar-refractivity contribution in [1.29, 1.82) is 5.26 Å². The summed E-state index contributed by atoms with van der Waals surface area (Å²) in [5, 5.41) is 23.9. The molecule has 2 saturated heterocycles. The van der Waals surface area contributed by atoms with E-state index in [9.17, 15) is 5.26 Å². The molecule has 0 amide bonds. The highest BCUT2D eigenvalue weighted by atomic mass is 15.4. The normalized spacial score (nSPS) is 21.2. The molecule has 3 aromatic rings. The van der Waals surface area contributed by atoms with Gasteiger partial charge in [-0.05, 0) is 57.0 Å². The third-order valence-corrected chi connectivity index (χ3v) is 7.20. The molecule has 3 atom stereocenters. The van der Waals surface area contributed by atoms with Crippen LogP contribution in [-0.2, 0) is 0 Å². The van der Waals surface area contributed by atoms with Crippen LogP contribution in [-0.4, -0.2) is 51.8 Å². The second-order valence-electron chi connectivity index (χ2n) is 9.00. The number of benzene rings is 1. The molecular weight excluding hydrogens is 398 g/mol. The van der Waals surface area contributed by atoms with E-state index in [-0.39, 0.29) is 6.04 Å². The summed E-state index contributed by atoms with van der Waals surface area (Å²) in [5.74, 6) is 1.77. The maximum Gasteiger partial charge on any atom is 0.157 e. The Bertz CT molecular complexity index is 1210. The van der Waals surface area contributed by atoms with Crippen LogP contribution < -0.4 is 10.2 Å². The van der Waals surface area contributed by atoms with Crippen molar-refractivity contribution in [3.8, 4) is 6.07 Å². The number of likely N-dealkylation sites (tertiary alicyclic amines) is 1. The van der Waals surface area contributed by atoms with Crippen LogP contribution in [0.15, 0.2) is 30.5 Å². The maximum atomic E-state index is 9.39. The van der Waals surface area contributed by atoms with Crippen molar-refractivity contribution < 1.29 is 0 Å². The summed E-state index contributed by atoms with van der Waals surface area (Å²) in [7, 11) is 0. The molecule has 0 aliphatic carbocycles. The van der Waals surface area contributed by atoms with Gasteiger partial charge in [0.05, 0.1) is 23.4 Å². The molecule has 5 rings (SSSR count). The van der Waals surface area contributed by atoms with Crippen LogP contribution in [0.4, 0.5) is 11.6 Å². The zero-order valence-corrected chi connectivity index (χ0v) is 19.1. The molecule has 32 heavy (non-hydrogen) atoms. The minimum atomic E-state index is -0.0129. The lowest BCUT2D eigenvalue weighted by atomic mass is 9.98. The minimum Gasteiger partial charge on any atom is -0.362 e. The van der Waals surface area contributed by atoms with E-state index in [0.29, 0.717) is 17.6 Å². The fraction of sp³-hybridized carbons (Fsp3) is 0.440. The summed E-state index contributed by atoms with van der Waals surface area (Å²) in [4.78, 5) is 9.84. The molecular formula is C25H29N7. The molecule has 0 unspecified atom stereocenters. The average molecular weight is 428 g/mol. The van der Waals surface area contributed by atoms with Crippen LogP contribution in [0.5, 0.6) is 0 Å². The number of pyridine rings is 1. The van der Waals surface area contributed by atoms with Crippen molar-refractivity contribution >= 4 is 22.4 Å². The van der Waals surface area contributed by atoms with E-state index >= 15 is 0 Å². The minimum absolute atomic E-state index is 0.0129. The summed E-state index contributed by atoms with van der Waals surface area (Å²) in [5.41, 5.74) is 3.66. The first kappa shape index (κ1) is 20.7. The second-order valence-corrected chi connectivity index (χ2v) is 9.00. The van der Waals surface area contributed by atoms with Gasteiger partial charge in [0.15, 0.2) is 5.82 Å². The summed E-state index contributed by atoms with van der Waals surface area (Å²) in [6.07, 6.45) is 3.16. The van der Waals surface area contributed by atoms with E-state index in [2.05, 4.69) is 57.4 Å². The van der Waals surface area contributed by atoms with Crippen molar-refractivity contribution in [3.05, 3.63) is 52.8 Å². The number of hydrogen-bond donors (Lipinski definition) is 1. The molecule has 2 fully saturated rings. The van der Waals surface area contributed by atoms with Crippen molar-refractivity contribution in [3.63, 3.8) is 0 Å². The highest BCUT2D eigenvalue weighted by Crippen LogP contribution is 2.36. The van der Waals surface area contributed by atoms with Gasteiger partial charge < -0.3 is 10.2 Å². The molecule has 2 bridgehead atoms. The van der Waals surface area contributed by atoms with Crippen LogP contribution in [0, 0.1) is 25.2 Å². The molecule has 1 aromatic carbocycles. The molecule has 1 N–H and O–H groups in total. The number of anilines is 2. The summed E-state index contributed by atoms with van der Waals surface area (Å²) >= 11 is 0. The number of nitrogens with one attached hydrogen (secondary N) is 1. The molecule has 2 aliphatic rings. The molecule has 7 nitrogen and oxygen atoms in total. The average Bonchev–Trinajstić information content (AvgIpc) is 3.41. The Morgan fingerprint density at radius 3 is 2.75 bits per heavy atom. The molecule has 4 heterocycles. The number of likely N-dealkylation sites (N-methyl/N-ethyl adjacent to an activating group) is 1. The fourth-order valence-electron chi connectivity index (χ4n) is 5.37. The predicted octanol–water partition coefficient (Wildman–Crippen LogP) is 3.97. The zero-order valence-electron chi connectivity index (χ0n) is 19.1. The van der Waals surface area contributed by atoms with E-state index in [1.165, 1.54) is 6.42 Å². The van der Waals surface area contributed by atoms with Crippen LogP contribution in [0.2, 0.25) is 0 Å². The van der Waals surface area contributed by atoms with Crippen LogP contribution >= 0.6 is 0 Å². The smallest absolute Gasteiger partial charge is 0.157 e. The number of hydrogen-bond acceptors (Lipinski definition) is 7. The van der Waals surface area contributed by atoms with Gasteiger partial charge in [0.2, 0.25) is 0 Å². The van der Waals surface area contributed by atoms with Gasteiger partial charge in [0.1, 0.15) is 5.82 Å². The van der Waals surface area contributed by atoms with Crippen LogP contribution in [0.1, 0.15) is 48.7 Å². The number of nitrogens with zero attached hydrogens (tertiary/aromatic N) is 6. The Balaban J connectivity index is 1.48. The Morgan fingerprint density at radius 2 is 2.03 bits per heavy atom. The number of fused-ring (bicyclic) bond motifs is 3. The molecule has 0 spiro atoms. The standard InChI is InChI=1S/C25H29N7/c1-5-31-13-20-9-19(31)14-32(20)24-10-22-23(12-27-24)17(4)29-30-25(22)28-16(3)21-8-6-7-18(11-26)15(21)2/h6-8,10,12,16,19-20H,5,9,13-14H2,1-4H3,(H,28,30)/t16-,19-,20-/m1/s1. The molecule has 0 saturated carbocycles. The lowest BCUT2D eigenvalue weighted by molar-refractivity contribution is 0.251. The highest BCUT2D eigenvalue weighted by molar-refractivity contribution is 5.94. The van der Waals surface area contributed by atoms with Gasteiger partial charge in [-0.25, -0.2) is 4.98 Å². The van der Waals surface area contributed by atoms with Gasteiger partial charge in [-0.1, -0.05) is 19.1 Å². The van der Waals surface area contributed by atoms with Gasteiger partial charge in [0, 0.05) is 42.1 Å². The largest absolute Gasteiger partial charge is 0.362 e. The lowest BCUT2D eigenvalue weighted by Gasteiger charge is -2.34. The molecule has 164 valence electrons. The third-order valence-electron chi connectivity index (χ3n) is 7.20. The van der Waals surface area contributed by atoms with E-state index in [4.69, 9.17) is 4.98 Å². The van der Waals surface area contributed by atoms with Gasteiger partial charge in [-0.2, -0.15) is 10.4 Å².